The van der Waals surface area contributed by atoms with Gasteiger partial charge in [0, 0.05) is 21.8 Å². The molecular formula is C18H15BrO2. The lowest BCUT2D eigenvalue weighted by atomic mass is 9.98. The first-order valence-electron chi connectivity index (χ1n) is 6.93. The minimum absolute atomic E-state index is 0.0207. The predicted molar refractivity (Wildman–Crippen MR) is 87.9 cm³/mol. The molecule has 1 aromatic heterocycles. The third kappa shape index (κ3) is 2.42. The van der Waals surface area contributed by atoms with Gasteiger partial charge in [-0.15, -0.1) is 0 Å². The molecule has 3 heteroatoms. The monoisotopic (exact) mass is 342 g/mol. The lowest BCUT2D eigenvalue weighted by molar-refractivity contribution is 0.103. The third-order valence-electron chi connectivity index (χ3n) is 3.64. The van der Waals surface area contributed by atoms with Crippen LogP contribution in [0, 0.1) is 6.92 Å². The normalized spacial score (nSPS) is 11.0. The molecule has 0 unspecified atom stereocenters. The van der Waals surface area contributed by atoms with E-state index in [1.807, 2.05) is 56.3 Å². The van der Waals surface area contributed by atoms with Crippen molar-refractivity contribution in [2.24, 2.45) is 0 Å². The summed E-state index contributed by atoms with van der Waals surface area (Å²) in [5.74, 6) is 0.772. The van der Waals surface area contributed by atoms with Crippen LogP contribution in [0.1, 0.15) is 34.2 Å². The molecule has 0 bridgehead atoms. The zero-order valence-electron chi connectivity index (χ0n) is 11.9. The highest BCUT2D eigenvalue weighted by atomic mass is 79.9. The lowest BCUT2D eigenvalue weighted by Gasteiger charge is -2.04. The molecule has 2 aromatic carbocycles. The van der Waals surface area contributed by atoms with E-state index >= 15 is 0 Å². The maximum atomic E-state index is 12.9. The Balaban J connectivity index is 2.18. The number of benzene rings is 2. The van der Waals surface area contributed by atoms with Gasteiger partial charge in [-0.25, -0.2) is 0 Å². The van der Waals surface area contributed by atoms with Gasteiger partial charge in [0.2, 0.25) is 0 Å². The van der Waals surface area contributed by atoms with Crippen molar-refractivity contribution in [3.63, 3.8) is 0 Å². The lowest BCUT2D eigenvalue weighted by Crippen LogP contribution is -2.03. The summed E-state index contributed by atoms with van der Waals surface area (Å²) < 4.78 is 6.82. The Morgan fingerprint density at radius 1 is 1.19 bits per heavy atom. The van der Waals surface area contributed by atoms with Crippen LogP contribution >= 0.6 is 15.9 Å². The molecule has 3 aromatic rings. The van der Waals surface area contributed by atoms with Crippen LogP contribution in [0.25, 0.3) is 11.0 Å². The van der Waals surface area contributed by atoms with Gasteiger partial charge in [0.1, 0.15) is 11.3 Å². The van der Waals surface area contributed by atoms with Gasteiger partial charge in [-0.1, -0.05) is 41.1 Å². The van der Waals surface area contributed by atoms with Crippen molar-refractivity contribution in [1.29, 1.82) is 0 Å². The van der Waals surface area contributed by atoms with Gasteiger partial charge >= 0.3 is 0 Å². The van der Waals surface area contributed by atoms with Crippen LogP contribution < -0.4 is 0 Å². The number of hydrogen-bond acceptors (Lipinski definition) is 2. The number of aryl methyl sites for hydroxylation is 2. The first kappa shape index (κ1) is 14.1. The van der Waals surface area contributed by atoms with Gasteiger partial charge < -0.3 is 4.42 Å². The zero-order chi connectivity index (χ0) is 15.0. The number of para-hydroxylation sites is 1. The second-order valence-corrected chi connectivity index (χ2v) is 5.90. The van der Waals surface area contributed by atoms with E-state index < -0.39 is 0 Å². The van der Waals surface area contributed by atoms with Crippen molar-refractivity contribution in [2.45, 2.75) is 20.3 Å². The number of hydrogen-bond donors (Lipinski definition) is 0. The van der Waals surface area contributed by atoms with Crippen LogP contribution in [-0.4, -0.2) is 5.78 Å². The van der Waals surface area contributed by atoms with Crippen LogP contribution in [0.15, 0.2) is 51.4 Å². The maximum absolute atomic E-state index is 12.9. The molecule has 0 fully saturated rings. The number of carbonyl (C=O) groups excluding carboxylic acids is 1. The second-order valence-electron chi connectivity index (χ2n) is 5.04. The van der Waals surface area contributed by atoms with E-state index in [0.717, 1.165) is 26.8 Å². The van der Waals surface area contributed by atoms with Crippen LogP contribution in [0.5, 0.6) is 0 Å². The molecule has 0 saturated carbocycles. The number of ketones is 1. The summed E-state index contributed by atoms with van der Waals surface area (Å²) in [4.78, 5) is 12.9. The van der Waals surface area contributed by atoms with Gasteiger partial charge in [0.25, 0.3) is 0 Å². The van der Waals surface area contributed by atoms with E-state index in [2.05, 4.69) is 15.9 Å². The van der Waals surface area contributed by atoms with E-state index in [1.54, 1.807) is 0 Å². The van der Waals surface area contributed by atoms with Crippen molar-refractivity contribution in [3.05, 3.63) is 69.4 Å². The summed E-state index contributed by atoms with van der Waals surface area (Å²) in [5, 5.41) is 0.889. The van der Waals surface area contributed by atoms with Crippen molar-refractivity contribution in [2.75, 3.05) is 0 Å². The highest BCUT2D eigenvalue weighted by Gasteiger charge is 2.21. The largest absolute Gasteiger partial charge is 0.460 e. The fraction of sp³-hybridized carbons (Fsp3) is 0.167. The molecule has 0 aliphatic heterocycles. The standard InChI is InChI=1S/C18H15BrO2/c1-3-15-17(13-6-4-5-7-16(13)21-15)18(20)12-8-9-14(19)11(2)10-12/h4-10H,3H2,1-2H3. The molecule has 1 heterocycles. The van der Waals surface area contributed by atoms with Gasteiger partial charge in [-0.05, 0) is 36.8 Å². The van der Waals surface area contributed by atoms with Crippen molar-refractivity contribution in [1.82, 2.24) is 0 Å². The van der Waals surface area contributed by atoms with Gasteiger partial charge in [0.05, 0.1) is 5.56 Å². The molecule has 0 aliphatic carbocycles. The van der Waals surface area contributed by atoms with Crippen LogP contribution in [0.4, 0.5) is 0 Å². The third-order valence-corrected chi connectivity index (χ3v) is 4.53. The maximum Gasteiger partial charge on any atom is 0.197 e. The summed E-state index contributed by atoms with van der Waals surface area (Å²) in [5.41, 5.74) is 3.20. The average Bonchev–Trinajstić information content (AvgIpc) is 2.87. The first-order chi connectivity index (χ1) is 10.1. The van der Waals surface area contributed by atoms with Crippen LogP contribution in [0.2, 0.25) is 0 Å². The smallest absolute Gasteiger partial charge is 0.197 e. The molecule has 0 spiro atoms. The fourth-order valence-electron chi connectivity index (χ4n) is 2.52. The Bertz CT molecular complexity index is 830. The molecule has 3 rings (SSSR count). The summed E-state index contributed by atoms with van der Waals surface area (Å²) in [7, 11) is 0. The molecule has 0 amide bonds. The van der Waals surface area contributed by atoms with Crippen molar-refractivity contribution >= 4 is 32.7 Å². The molecule has 0 saturated heterocycles. The van der Waals surface area contributed by atoms with E-state index in [0.29, 0.717) is 17.5 Å². The zero-order valence-corrected chi connectivity index (χ0v) is 13.5. The summed E-state index contributed by atoms with van der Waals surface area (Å²) in [6.45, 7) is 3.98. The Morgan fingerprint density at radius 2 is 1.95 bits per heavy atom. The summed E-state index contributed by atoms with van der Waals surface area (Å²) in [6, 6.07) is 13.4. The quantitative estimate of drug-likeness (QED) is 0.604. The molecule has 21 heavy (non-hydrogen) atoms. The van der Waals surface area contributed by atoms with Gasteiger partial charge in [-0.2, -0.15) is 0 Å². The van der Waals surface area contributed by atoms with E-state index in [9.17, 15) is 4.79 Å². The number of furan rings is 1. The van der Waals surface area contributed by atoms with E-state index in [1.165, 1.54) is 0 Å². The van der Waals surface area contributed by atoms with Crippen LogP contribution in [0.3, 0.4) is 0 Å². The Kier molecular flexibility index (Phi) is 3.68. The van der Waals surface area contributed by atoms with Crippen molar-refractivity contribution in [3.8, 4) is 0 Å². The molecule has 0 aliphatic rings. The van der Waals surface area contributed by atoms with Gasteiger partial charge in [0.15, 0.2) is 5.78 Å². The Morgan fingerprint density at radius 3 is 2.67 bits per heavy atom. The molecular weight excluding hydrogens is 328 g/mol. The first-order valence-corrected chi connectivity index (χ1v) is 7.72. The summed E-state index contributed by atoms with van der Waals surface area (Å²) in [6.07, 6.45) is 0.700. The fourth-order valence-corrected chi connectivity index (χ4v) is 2.77. The molecule has 0 atom stereocenters. The number of carbonyl (C=O) groups is 1. The van der Waals surface area contributed by atoms with E-state index in [4.69, 9.17) is 4.42 Å². The predicted octanol–water partition coefficient (Wildman–Crippen LogP) is 5.30. The average molecular weight is 343 g/mol. The van der Waals surface area contributed by atoms with E-state index in [-0.39, 0.29) is 5.78 Å². The Labute approximate surface area is 131 Å². The van der Waals surface area contributed by atoms with Gasteiger partial charge in [-0.3, -0.25) is 4.79 Å². The minimum Gasteiger partial charge on any atom is -0.460 e. The highest BCUT2D eigenvalue weighted by molar-refractivity contribution is 9.10. The molecule has 0 radical (unpaired) electrons. The molecule has 0 N–H and O–H groups in total. The minimum atomic E-state index is 0.0207. The highest BCUT2D eigenvalue weighted by Crippen LogP contribution is 2.29. The molecule has 106 valence electrons. The number of fused-ring (bicyclic) bond motifs is 1. The number of halogens is 1. The number of rotatable bonds is 3. The Hall–Kier alpha value is -1.87. The van der Waals surface area contributed by atoms with Crippen LogP contribution in [-0.2, 0) is 6.42 Å². The van der Waals surface area contributed by atoms with Crippen molar-refractivity contribution < 1.29 is 9.21 Å². The molecule has 2 nitrogen and oxygen atoms in total. The topological polar surface area (TPSA) is 30.2 Å². The summed E-state index contributed by atoms with van der Waals surface area (Å²) >= 11 is 3.47. The second kappa shape index (κ2) is 5.49. The SMILES string of the molecule is CCc1oc2ccccc2c1C(=O)c1ccc(Br)c(C)c1.